The number of ether oxygens (including phenoxy) is 1. The number of nitrogens with zero attached hydrogens (tertiary/aromatic N) is 1. The molecule has 0 fully saturated rings. The van der Waals surface area contributed by atoms with Crippen molar-refractivity contribution in [1.82, 2.24) is 9.99 Å². The first-order valence-electron chi connectivity index (χ1n) is 17.5. The lowest BCUT2D eigenvalue weighted by Gasteiger charge is -2.37. The van der Waals surface area contributed by atoms with Crippen molar-refractivity contribution in [2.75, 3.05) is 43.0 Å². The summed E-state index contributed by atoms with van der Waals surface area (Å²) in [7, 11) is -0.779. The molecule has 1 aliphatic rings. The zero-order valence-corrected chi connectivity index (χ0v) is 31.7. The van der Waals surface area contributed by atoms with Crippen molar-refractivity contribution in [3.05, 3.63) is 124 Å². The molecule has 12 nitrogen and oxygen atoms in total. The Morgan fingerprint density at radius 2 is 1.34 bits per heavy atom. The number of esters is 1. The van der Waals surface area contributed by atoms with E-state index in [0.29, 0.717) is 39.3 Å². The van der Waals surface area contributed by atoms with Crippen LogP contribution in [0.2, 0.25) is 0 Å². The van der Waals surface area contributed by atoms with Gasteiger partial charge in [0.15, 0.2) is 11.6 Å². The van der Waals surface area contributed by atoms with Crippen LogP contribution in [0.4, 0.5) is 17.1 Å². The highest BCUT2D eigenvalue weighted by Gasteiger charge is 2.37. The van der Waals surface area contributed by atoms with E-state index in [1.54, 1.807) is 72.4 Å². The van der Waals surface area contributed by atoms with E-state index >= 15 is 0 Å². The molecule has 0 saturated carbocycles. The lowest BCUT2D eigenvalue weighted by molar-refractivity contribution is -0.142. The van der Waals surface area contributed by atoms with E-state index in [1.165, 1.54) is 7.11 Å². The standard InChI is InChI=1S/C40H46N5O7P/c1-25(2)45(26(3)4)53(50,44-29-18-16-28(17-19-29)39(48)43-34(40(49)51-6)24-27-12-8-7-9-13-27)52-23-22-42-33-21-20-32(41-5)35-36(33)38(47)31-15-11-10-14-30(31)37(35)46/h7-21,25-26,34,41-42H,22-24H2,1-6H3,(H,43,48)(H,44,50). The number of nitrogens with one attached hydrogen (secondary N) is 4. The van der Waals surface area contributed by atoms with E-state index in [1.807, 2.05) is 58.0 Å². The van der Waals surface area contributed by atoms with Crippen LogP contribution in [-0.4, -0.2) is 73.5 Å². The van der Waals surface area contributed by atoms with Crippen LogP contribution in [0.1, 0.15) is 75.5 Å². The summed E-state index contributed by atoms with van der Waals surface area (Å²) in [6, 6.07) is 24.7. The van der Waals surface area contributed by atoms with E-state index in [2.05, 4.69) is 21.0 Å². The number of hydrogen-bond donors (Lipinski definition) is 4. The first-order valence-corrected chi connectivity index (χ1v) is 19.1. The monoisotopic (exact) mass is 739 g/mol. The van der Waals surface area contributed by atoms with Gasteiger partial charge in [-0.05, 0) is 69.7 Å². The van der Waals surface area contributed by atoms with E-state index in [4.69, 9.17) is 9.26 Å². The van der Waals surface area contributed by atoms with Gasteiger partial charge in [0, 0.05) is 65.8 Å². The Bertz CT molecular complexity index is 2010. The van der Waals surface area contributed by atoms with Crippen LogP contribution in [0.15, 0.2) is 91.0 Å². The number of rotatable bonds is 16. The maximum Gasteiger partial charge on any atom is 0.369 e. The summed E-state index contributed by atoms with van der Waals surface area (Å²) >= 11 is 0. The molecular formula is C40H46N5O7P. The molecule has 278 valence electrons. The molecule has 1 aliphatic carbocycles. The van der Waals surface area contributed by atoms with Crippen molar-refractivity contribution in [3.63, 3.8) is 0 Å². The highest BCUT2D eigenvalue weighted by Crippen LogP contribution is 2.53. The number of benzene rings is 4. The van der Waals surface area contributed by atoms with Gasteiger partial charge in [-0.1, -0.05) is 54.6 Å². The molecule has 0 heterocycles. The second-order valence-electron chi connectivity index (χ2n) is 13.1. The van der Waals surface area contributed by atoms with Crippen LogP contribution in [-0.2, 0) is 25.0 Å². The number of carbonyl (C=O) groups is 4. The molecule has 2 atom stereocenters. The average Bonchev–Trinajstić information content (AvgIpc) is 3.15. The van der Waals surface area contributed by atoms with Gasteiger partial charge in [-0.25, -0.2) is 14.0 Å². The molecule has 0 bridgehead atoms. The summed E-state index contributed by atoms with van der Waals surface area (Å²) in [5, 5.41) is 12.1. The number of anilines is 3. The summed E-state index contributed by atoms with van der Waals surface area (Å²) in [6.07, 6.45) is 0.265. The van der Waals surface area contributed by atoms with Crippen molar-refractivity contribution in [1.29, 1.82) is 0 Å². The van der Waals surface area contributed by atoms with Crippen LogP contribution in [0.3, 0.4) is 0 Å². The average molecular weight is 740 g/mol. The van der Waals surface area contributed by atoms with E-state index in [-0.39, 0.29) is 48.8 Å². The van der Waals surface area contributed by atoms with E-state index in [9.17, 15) is 23.7 Å². The van der Waals surface area contributed by atoms with Crippen molar-refractivity contribution >= 4 is 48.2 Å². The maximum atomic E-state index is 14.7. The van der Waals surface area contributed by atoms with Crippen molar-refractivity contribution in [2.24, 2.45) is 0 Å². The molecule has 4 aromatic rings. The van der Waals surface area contributed by atoms with E-state index < -0.39 is 25.6 Å². The van der Waals surface area contributed by atoms with Crippen molar-refractivity contribution in [2.45, 2.75) is 52.2 Å². The van der Waals surface area contributed by atoms with Gasteiger partial charge >= 0.3 is 13.6 Å². The van der Waals surface area contributed by atoms with Gasteiger partial charge < -0.3 is 25.8 Å². The van der Waals surface area contributed by atoms with Crippen LogP contribution < -0.4 is 21.0 Å². The van der Waals surface area contributed by atoms with E-state index in [0.717, 1.165) is 5.56 Å². The summed E-state index contributed by atoms with van der Waals surface area (Å²) < 4.78 is 27.6. The fourth-order valence-corrected chi connectivity index (χ4v) is 8.92. The second-order valence-corrected chi connectivity index (χ2v) is 15.1. The quantitative estimate of drug-likeness (QED) is 0.0481. The zero-order chi connectivity index (χ0) is 38.3. The predicted octanol–water partition coefficient (Wildman–Crippen LogP) is 6.79. The number of fused-ring (bicyclic) bond motifs is 2. The van der Waals surface area contributed by atoms with Gasteiger partial charge in [0.2, 0.25) is 0 Å². The fourth-order valence-electron chi connectivity index (χ4n) is 6.58. The molecule has 0 saturated heterocycles. The van der Waals surface area contributed by atoms with Gasteiger partial charge in [-0.2, -0.15) is 0 Å². The first-order chi connectivity index (χ1) is 25.4. The third kappa shape index (κ3) is 8.68. The second kappa shape index (κ2) is 17.0. The van der Waals surface area contributed by atoms with Crippen molar-refractivity contribution < 1.29 is 33.0 Å². The minimum Gasteiger partial charge on any atom is -0.467 e. The molecular weight excluding hydrogens is 693 g/mol. The number of carbonyl (C=O) groups excluding carboxylic acids is 4. The summed E-state index contributed by atoms with van der Waals surface area (Å²) in [6.45, 7) is 7.85. The Morgan fingerprint density at radius 1 is 0.774 bits per heavy atom. The molecule has 2 unspecified atom stereocenters. The third-order valence-corrected chi connectivity index (χ3v) is 11.5. The summed E-state index contributed by atoms with van der Waals surface area (Å²) in [5.74, 6) is -1.52. The zero-order valence-electron chi connectivity index (χ0n) is 30.8. The highest BCUT2D eigenvalue weighted by molar-refractivity contribution is 7.58. The molecule has 0 aliphatic heterocycles. The molecule has 1 amide bonds. The molecule has 53 heavy (non-hydrogen) atoms. The Morgan fingerprint density at radius 3 is 1.91 bits per heavy atom. The van der Waals surface area contributed by atoms with Crippen LogP contribution in [0.25, 0.3) is 0 Å². The summed E-state index contributed by atoms with van der Waals surface area (Å²) in [4.78, 5) is 52.8. The van der Waals surface area contributed by atoms with Gasteiger partial charge in [0.05, 0.1) is 24.8 Å². The summed E-state index contributed by atoms with van der Waals surface area (Å²) in [5.41, 5.74) is 3.91. The lowest BCUT2D eigenvalue weighted by atomic mass is 9.82. The van der Waals surface area contributed by atoms with Crippen LogP contribution in [0.5, 0.6) is 0 Å². The molecule has 4 aromatic carbocycles. The normalized spacial score (nSPS) is 13.9. The maximum absolute atomic E-state index is 14.7. The Labute approximate surface area is 310 Å². The molecule has 4 N–H and O–H groups in total. The van der Waals surface area contributed by atoms with Gasteiger partial charge in [0.25, 0.3) is 5.91 Å². The minimum absolute atomic E-state index is 0.0156. The molecule has 13 heteroatoms. The first kappa shape index (κ1) is 38.9. The molecule has 0 radical (unpaired) electrons. The third-order valence-electron chi connectivity index (χ3n) is 8.88. The number of amides is 1. The Kier molecular flexibility index (Phi) is 12.5. The molecule has 5 rings (SSSR count). The van der Waals surface area contributed by atoms with Gasteiger partial charge in [-0.3, -0.25) is 18.9 Å². The number of ketones is 2. The fraction of sp³-hybridized carbons (Fsp3) is 0.300. The minimum atomic E-state index is -3.75. The van der Waals surface area contributed by atoms with Gasteiger partial charge in [0.1, 0.15) is 6.04 Å². The predicted molar refractivity (Wildman–Crippen MR) is 207 cm³/mol. The van der Waals surface area contributed by atoms with Crippen LogP contribution >= 0.6 is 7.67 Å². The SMILES string of the molecule is CNc1ccc(NCCOP(=O)(Nc2ccc(C(=O)NC(Cc3ccccc3)C(=O)OC)cc2)N(C(C)C)C(C)C)c2c1C(=O)c1ccccc1C2=O. The molecule has 0 aromatic heterocycles. The molecule has 0 spiro atoms. The Hall–Kier alpha value is -5.29. The topological polar surface area (TPSA) is 155 Å². The lowest BCUT2D eigenvalue weighted by Crippen LogP contribution is -2.43. The van der Waals surface area contributed by atoms with Crippen LogP contribution in [0, 0.1) is 0 Å². The smallest absolute Gasteiger partial charge is 0.369 e. The van der Waals surface area contributed by atoms with Crippen molar-refractivity contribution in [3.8, 4) is 0 Å². The number of methoxy groups -OCH3 is 1. The Balaban J connectivity index is 1.30. The number of hydrogen-bond acceptors (Lipinski definition) is 9. The van der Waals surface area contributed by atoms with Gasteiger partial charge in [-0.15, -0.1) is 0 Å². The largest absolute Gasteiger partial charge is 0.467 e. The highest BCUT2D eigenvalue weighted by atomic mass is 31.2.